The van der Waals surface area contributed by atoms with Gasteiger partial charge in [-0.15, -0.1) is 6.42 Å². The lowest BCUT2D eigenvalue weighted by Gasteiger charge is -2.26. The normalized spacial score (nSPS) is 13.0. The minimum atomic E-state index is -0.426. The maximum atomic E-state index is 13.6. The van der Waals surface area contributed by atoms with Gasteiger partial charge >= 0.3 is 6.03 Å². The van der Waals surface area contributed by atoms with E-state index in [0.29, 0.717) is 53.8 Å². The molecule has 3 heterocycles. The number of benzene rings is 4. The van der Waals surface area contributed by atoms with Crippen LogP contribution in [0.4, 0.5) is 33.6 Å². The van der Waals surface area contributed by atoms with Crippen LogP contribution in [0.3, 0.4) is 0 Å². The van der Waals surface area contributed by atoms with Crippen LogP contribution < -0.4 is 30.9 Å². The zero-order valence-corrected chi connectivity index (χ0v) is 33.9. The average molecular weight is 793 g/mol. The number of terminal acetylenes is 1. The second kappa shape index (κ2) is 17.7. The molecule has 0 unspecified atom stereocenters. The van der Waals surface area contributed by atoms with Gasteiger partial charge in [0.05, 0.1) is 30.3 Å². The largest absolute Gasteiger partial charge is 0.438 e. The fourth-order valence-electron chi connectivity index (χ4n) is 6.53. The number of hydrogen-bond donors (Lipinski definition) is 4. The van der Waals surface area contributed by atoms with Gasteiger partial charge in [-0.25, -0.2) is 14.5 Å². The van der Waals surface area contributed by atoms with Gasteiger partial charge in [-0.1, -0.05) is 51.0 Å². The van der Waals surface area contributed by atoms with Crippen LogP contribution in [0.15, 0.2) is 97.2 Å². The minimum Gasteiger partial charge on any atom is -0.438 e. The van der Waals surface area contributed by atoms with Crippen LogP contribution in [0.25, 0.3) is 16.5 Å². The van der Waals surface area contributed by atoms with Crippen molar-refractivity contribution in [1.82, 2.24) is 30.0 Å². The Morgan fingerprint density at radius 2 is 1.69 bits per heavy atom. The lowest BCUT2D eigenvalue weighted by molar-refractivity contribution is 0.0383. The first-order valence-corrected chi connectivity index (χ1v) is 19.4. The summed E-state index contributed by atoms with van der Waals surface area (Å²) in [5.41, 5.74) is 4.55. The molecule has 4 aromatic carbocycles. The van der Waals surface area contributed by atoms with Gasteiger partial charge in [0, 0.05) is 97.3 Å². The summed E-state index contributed by atoms with van der Waals surface area (Å²) in [7, 11) is 3.98. The van der Waals surface area contributed by atoms with Crippen molar-refractivity contribution < 1.29 is 19.1 Å². The van der Waals surface area contributed by atoms with Gasteiger partial charge in [0.25, 0.3) is 5.91 Å². The second-order valence-electron chi connectivity index (χ2n) is 15.3. The summed E-state index contributed by atoms with van der Waals surface area (Å²) in [6, 6.07) is 27.4. The Hall–Kier alpha value is -6.95. The van der Waals surface area contributed by atoms with Crippen LogP contribution in [0.2, 0.25) is 0 Å². The number of hydrogen-bond acceptors (Lipinski definition) is 10. The highest BCUT2D eigenvalue weighted by atomic mass is 16.5. The molecule has 1 aliphatic heterocycles. The molecule has 2 aromatic heterocycles. The van der Waals surface area contributed by atoms with Crippen LogP contribution in [0, 0.1) is 12.3 Å². The molecule has 1 saturated heterocycles. The molecule has 6 aromatic rings. The number of nitrogens with zero attached hydrogens (tertiary/aromatic N) is 6. The summed E-state index contributed by atoms with van der Waals surface area (Å²) in [5, 5.41) is 18.6. The molecule has 0 atom stereocenters. The number of ether oxygens (including phenoxy) is 2. The number of nitrogens with one attached hydrogen (secondary N) is 4. The van der Waals surface area contributed by atoms with Gasteiger partial charge in [0.2, 0.25) is 11.8 Å². The zero-order valence-electron chi connectivity index (χ0n) is 33.9. The Morgan fingerprint density at radius 1 is 0.932 bits per heavy atom. The zero-order chi connectivity index (χ0) is 41.5. The van der Waals surface area contributed by atoms with Gasteiger partial charge in [0.15, 0.2) is 0 Å². The Labute approximate surface area is 343 Å². The molecule has 1 aliphatic rings. The van der Waals surface area contributed by atoms with Crippen molar-refractivity contribution in [3.63, 3.8) is 0 Å². The first kappa shape index (κ1) is 40.3. The third-order valence-corrected chi connectivity index (χ3v) is 9.74. The highest BCUT2D eigenvalue weighted by Gasteiger charge is 2.22. The van der Waals surface area contributed by atoms with Crippen molar-refractivity contribution in [3.8, 4) is 29.7 Å². The Balaban J connectivity index is 1.05. The molecule has 1 fully saturated rings. The number of morpholine rings is 1. The number of carbonyl (C=O) groups is 2. The molecule has 7 rings (SSSR count). The molecule has 14 nitrogen and oxygen atoms in total. The summed E-state index contributed by atoms with van der Waals surface area (Å²) in [5.74, 6) is 3.98. The Bertz CT molecular complexity index is 2500. The van der Waals surface area contributed by atoms with Crippen molar-refractivity contribution in [2.45, 2.75) is 26.2 Å². The van der Waals surface area contributed by atoms with Gasteiger partial charge in [-0.05, 0) is 54.6 Å². The number of amides is 3. The van der Waals surface area contributed by atoms with Crippen LogP contribution in [-0.2, 0) is 10.2 Å². The minimum absolute atomic E-state index is 0.231. The summed E-state index contributed by atoms with van der Waals surface area (Å²) in [6.45, 7) is 10.6. The second-order valence-corrected chi connectivity index (χ2v) is 15.3. The SMILES string of the molecule is C#Cc1cc(Nc2nccc(Oc3ccc(NC(=O)Nc4cc(C(C)(C)C)nn4-c4ccc(N(C)C)cc4)c4ccccc34)n2)cc(C(=O)NCCN2CCOCC2)c1. The first-order chi connectivity index (χ1) is 28.4. The van der Waals surface area contributed by atoms with E-state index in [1.807, 2.05) is 73.6 Å². The van der Waals surface area contributed by atoms with Crippen LogP contribution in [-0.4, -0.2) is 90.1 Å². The van der Waals surface area contributed by atoms with Crippen molar-refractivity contribution in [1.29, 1.82) is 0 Å². The predicted octanol–water partition coefficient (Wildman–Crippen LogP) is 7.40. The van der Waals surface area contributed by atoms with Crippen LogP contribution in [0.1, 0.15) is 42.4 Å². The van der Waals surface area contributed by atoms with Gasteiger partial charge in [-0.3, -0.25) is 15.0 Å². The molecule has 0 radical (unpaired) electrons. The van der Waals surface area contributed by atoms with E-state index in [4.69, 9.17) is 21.0 Å². The van der Waals surface area contributed by atoms with Crippen molar-refractivity contribution in [3.05, 3.63) is 114 Å². The number of rotatable bonds is 12. The molecular formula is C45H48N10O4. The molecule has 4 N–H and O–H groups in total. The summed E-state index contributed by atoms with van der Waals surface area (Å²) < 4.78 is 13.5. The first-order valence-electron chi connectivity index (χ1n) is 19.4. The number of aromatic nitrogens is 4. The lowest BCUT2D eigenvalue weighted by Crippen LogP contribution is -2.41. The summed E-state index contributed by atoms with van der Waals surface area (Å²) >= 11 is 0. The highest BCUT2D eigenvalue weighted by Crippen LogP contribution is 2.35. The molecular weight excluding hydrogens is 745 g/mol. The highest BCUT2D eigenvalue weighted by molar-refractivity contribution is 6.07. The summed E-state index contributed by atoms with van der Waals surface area (Å²) in [6.07, 6.45) is 7.32. The van der Waals surface area contributed by atoms with E-state index in [1.54, 1.807) is 47.3 Å². The summed E-state index contributed by atoms with van der Waals surface area (Å²) in [4.78, 5) is 39.9. The molecule has 14 heteroatoms. The number of urea groups is 1. The van der Waals surface area contributed by atoms with Crippen molar-refractivity contribution >= 4 is 51.5 Å². The van der Waals surface area contributed by atoms with Crippen LogP contribution >= 0.6 is 0 Å². The molecule has 0 aliphatic carbocycles. The maximum Gasteiger partial charge on any atom is 0.324 e. The third kappa shape index (κ3) is 9.96. The maximum absolute atomic E-state index is 13.6. The molecule has 0 saturated carbocycles. The fourth-order valence-corrected chi connectivity index (χ4v) is 6.53. The van der Waals surface area contributed by atoms with E-state index < -0.39 is 6.03 Å². The van der Waals surface area contributed by atoms with E-state index in [2.05, 4.69) is 62.8 Å². The number of anilines is 5. The third-order valence-electron chi connectivity index (χ3n) is 9.74. The quantitative estimate of drug-likeness (QED) is 0.0924. The molecule has 302 valence electrons. The lowest BCUT2D eigenvalue weighted by atomic mass is 9.92. The van der Waals surface area contributed by atoms with E-state index in [0.717, 1.165) is 47.5 Å². The molecule has 0 spiro atoms. The topological polar surface area (TPSA) is 151 Å². The van der Waals surface area contributed by atoms with E-state index in [1.165, 1.54) is 0 Å². The standard InChI is InChI=1S/C45H48N10O4/c1-7-30-26-31(42(56)46-20-21-54-22-24-58-25-23-54)28-32(27-30)48-43-47-19-18-41(51-43)59-38-17-16-37(35-10-8-9-11-36(35)38)49-44(57)50-40-29-39(45(2,3)4)52-55(40)34-14-12-33(13-15-34)53(5)6/h1,8-19,26-29H,20-25H2,2-6H3,(H,46,56)(H,47,48,51)(H2,49,50,57). The molecule has 0 bridgehead atoms. The number of fused-ring (bicyclic) bond motifs is 1. The van der Waals surface area contributed by atoms with Crippen molar-refractivity contribution in [2.24, 2.45) is 0 Å². The van der Waals surface area contributed by atoms with Gasteiger partial charge in [0.1, 0.15) is 11.6 Å². The smallest absolute Gasteiger partial charge is 0.324 e. The molecule has 3 amide bonds. The van der Waals surface area contributed by atoms with E-state index >= 15 is 0 Å². The van der Waals surface area contributed by atoms with E-state index in [9.17, 15) is 9.59 Å². The van der Waals surface area contributed by atoms with E-state index in [-0.39, 0.29) is 23.2 Å². The Kier molecular flexibility index (Phi) is 12.1. The van der Waals surface area contributed by atoms with Gasteiger partial charge < -0.3 is 30.3 Å². The van der Waals surface area contributed by atoms with Crippen LogP contribution in [0.5, 0.6) is 11.6 Å². The van der Waals surface area contributed by atoms with Crippen molar-refractivity contribution in [2.75, 3.05) is 74.3 Å². The molecule has 59 heavy (non-hydrogen) atoms. The predicted molar refractivity (Wildman–Crippen MR) is 233 cm³/mol. The Morgan fingerprint density at radius 3 is 2.42 bits per heavy atom. The monoisotopic (exact) mass is 792 g/mol. The number of carbonyl (C=O) groups excluding carboxylic acids is 2. The fraction of sp³-hybridized carbons (Fsp3) is 0.267. The average Bonchev–Trinajstić information content (AvgIpc) is 3.66. The van der Waals surface area contributed by atoms with Gasteiger partial charge in [-0.2, -0.15) is 10.1 Å².